The maximum atomic E-state index is 12.2. The maximum absolute atomic E-state index is 12.2. The molecule has 1 N–H and O–H groups in total. The Morgan fingerprint density at radius 3 is 2.52 bits per heavy atom. The van der Waals surface area contributed by atoms with Gasteiger partial charge in [-0.2, -0.15) is 0 Å². The molecule has 2 rings (SSSR count). The third-order valence-corrected chi connectivity index (χ3v) is 3.94. The molecule has 116 valence electrons. The van der Waals surface area contributed by atoms with Gasteiger partial charge in [-0.15, -0.1) is 0 Å². The van der Waals surface area contributed by atoms with Gasteiger partial charge in [0, 0.05) is 26.1 Å². The van der Waals surface area contributed by atoms with E-state index in [0.29, 0.717) is 12.8 Å². The van der Waals surface area contributed by atoms with E-state index in [0.717, 1.165) is 30.8 Å². The molecule has 7 nitrogen and oxygen atoms in total. The molecule has 2 aliphatic rings. The topological polar surface area (TPSA) is 86.8 Å². The van der Waals surface area contributed by atoms with Gasteiger partial charge in [-0.25, -0.2) is 4.79 Å². The molecule has 21 heavy (non-hydrogen) atoms. The number of hydrogen-bond donors (Lipinski definition) is 1. The minimum absolute atomic E-state index is 0.0352. The highest BCUT2D eigenvalue weighted by Crippen LogP contribution is 2.17. The van der Waals surface area contributed by atoms with Gasteiger partial charge in [-0.05, 0) is 19.3 Å². The fourth-order valence-electron chi connectivity index (χ4n) is 2.75. The molecule has 0 spiro atoms. The number of urea groups is 1. The van der Waals surface area contributed by atoms with E-state index >= 15 is 0 Å². The minimum Gasteiger partial charge on any atom is -0.343 e. The molecule has 5 amide bonds. The Morgan fingerprint density at radius 2 is 1.90 bits per heavy atom. The van der Waals surface area contributed by atoms with E-state index in [2.05, 4.69) is 5.32 Å². The Kier molecular flexibility index (Phi) is 4.93. The molecular formula is C14H21N3O4. The molecule has 7 heteroatoms. The first-order valence-electron chi connectivity index (χ1n) is 7.48. The highest BCUT2D eigenvalue weighted by molar-refractivity contribution is 6.16. The lowest BCUT2D eigenvalue weighted by Gasteiger charge is -2.30. The molecule has 2 fully saturated rings. The quantitative estimate of drug-likeness (QED) is 0.748. The first-order valence-corrected chi connectivity index (χ1v) is 7.48. The summed E-state index contributed by atoms with van der Waals surface area (Å²) in [5.74, 6) is -1.87. The van der Waals surface area contributed by atoms with Gasteiger partial charge in [-0.3, -0.25) is 24.6 Å². The molecule has 0 aromatic heterocycles. The van der Waals surface area contributed by atoms with Crippen LogP contribution in [0, 0.1) is 5.92 Å². The summed E-state index contributed by atoms with van der Waals surface area (Å²) in [6, 6.07) is -0.716. The van der Waals surface area contributed by atoms with Gasteiger partial charge < -0.3 is 4.90 Å². The summed E-state index contributed by atoms with van der Waals surface area (Å²) >= 11 is 0. The van der Waals surface area contributed by atoms with Crippen LogP contribution in [0.3, 0.4) is 0 Å². The number of rotatable bonds is 5. The molecule has 1 unspecified atom stereocenters. The minimum atomic E-state index is -0.811. The van der Waals surface area contributed by atoms with E-state index in [1.54, 1.807) is 4.90 Å². The number of amides is 5. The highest BCUT2D eigenvalue weighted by Gasteiger charge is 2.39. The lowest BCUT2D eigenvalue weighted by atomic mass is 9.99. The van der Waals surface area contributed by atoms with Crippen molar-refractivity contribution in [3.05, 3.63) is 0 Å². The van der Waals surface area contributed by atoms with Crippen molar-refractivity contribution in [3.8, 4) is 0 Å². The summed E-state index contributed by atoms with van der Waals surface area (Å²) in [6.45, 7) is 3.40. The predicted octanol–water partition coefficient (Wildman–Crippen LogP) is 0.494. The Bertz CT molecular complexity index is 457. The number of likely N-dealkylation sites (tertiary alicyclic amines) is 1. The number of nitrogens with zero attached hydrogens (tertiary/aromatic N) is 2. The number of barbiturate groups is 1. The number of hydrogen-bond acceptors (Lipinski definition) is 4. The number of carbonyl (C=O) groups excluding carboxylic acids is 4. The average molecular weight is 295 g/mol. The van der Waals surface area contributed by atoms with Gasteiger partial charge in [-0.1, -0.05) is 13.3 Å². The second kappa shape index (κ2) is 6.69. The first kappa shape index (κ1) is 15.5. The van der Waals surface area contributed by atoms with E-state index in [1.165, 1.54) is 0 Å². The standard InChI is InChI=1S/C14H21N3O4/c1-2-5-10-12(19)15-14(21)17(13(10)20)9-6-11(18)16-7-3-4-8-16/h10H,2-9H2,1H3,(H,15,19,21). The second-order valence-electron chi connectivity index (χ2n) is 5.46. The molecule has 0 aliphatic carbocycles. The van der Waals surface area contributed by atoms with Crippen LogP contribution >= 0.6 is 0 Å². The largest absolute Gasteiger partial charge is 0.343 e. The van der Waals surface area contributed by atoms with Crippen LogP contribution < -0.4 is 5.32 Å². The molecule has 0 aromatic rings. The van der Waals surface area contributed by atoms with E-state index in [1.807, 2.05) is 6.92 Å². The Labute approximate surface area is 123 Å². The predicted molar refractivity (Wildman–Crippen MR) is 74.1 cm³/mol. The van der Waals surface area contributed by atoms with Crippen LogP contribution in [0.2, 0.25) is 0 Å². The Hall–Kier alpha value is -1.92. The van der Waals surface area contributed by atoms with E-state index in [-0.39, 0.29) is 18.9 Å². The highest BCUT2D eigenvalue weighted by atomic mass is 16.2. The lowest BCUT2D eigenvalue weighted by Crippen LogP contribution is -2.58. The van der Waals surface area contributed by atoms with E-state index < -0.39 is 23.8 Å². The normalized spacial score (nSPS) is 22.7. The van der Waals surface area contributed by atoms with Gasteiger partial charge in [0.2, 0.25) is 17.7 Å². The summed E-state index contributed by atoms with van der Waals surface area (Å²) in [4.78, 5) is 50.3. The second-order valence-corrected chi connectivity index (χ2v) is 5.46. The molecule has 0 saturated carbocycles. The summed E-state index contributed by atoms with van der Waals surface area (Å²) < 4.78 is 0. The zero-order valence-electron chi connectivity index (χ0n) is 12.3. The molecule has 0 bridgehead atoms. The van der Waals surface area contributed by atoms with Crippen LogP contribution in [0.5, 0.6) is 0 Å². The SMILES string of the molecule is CCCC1C(=O)NC(=O)N(CCC(=O)N2CCCC2)C1=O. The molecule has 2 saturated heterocycles. The van der Waals surface area contributed by atoms with Crippen molar-refractivity contribution in [1.29, 1.82) is 0 Å². The summed E-state index contributed by atoms with van der Waals surface area (Å²) in [7, 11) is 0. The zero-order valence-corrected chi connectivity index (χ0v) is 12.3. The van der Waals surface area contributed by atoms with Crippen molar-refractivity contribution in [3.63, 3.8) is 0 Å². The van der Waals surface area contributed by atoms with E-state index in [9.17, 15) is 19.2 Å². The van der Waals surface area contributed by atoms with Crippen molar-refractivity contribution in [2.75, 3.05) is 19.6 Å². The molecular weight excluding hydrogens is 274 g/mol. The third-order valence-electron chi connectivity index (χ3n) is 3.94. The number of carbonyl (C=O) groups is 4. The van der Waals surface area contributed by atoms with Crippen molar-refractivity contribution in [2.45, 2.75) is 39.0 Å². The van der Waals surface area contributed by atoms with Crippen molar-refractivity contribution < 1.29 is 19.2 Å². The van der Waals surface area contributed by atoms with Crippen LogP contribution in [0.1, 0.15) is 39.0 Å². The molecule has 1 atom stereocenters. The Morgan fingerprint density at radius 1 is 1.24 bits per heavy atom. The van der Waals surface area contributed by atoms with Crippen LogP contribution in [-0.2, 0) is 14.4 Å². The summed E-state index contributed by atoms with van der Waals surface area (Å²) in [6.07, 6.45) is 3.21. The summed E-state index contributed by atoms with van der Waals surface area (Å²) in [5.41, 5.74) is 0. The van der Waals surface area contributed by atoms with Crippen LogP contribution in [-0.4, -0.2) is 53.2 Å². The van der Waals surface area contributed by atoms with Gasteiger partial charge in [0.1, 0.15) is 5.92 Å². The third kappa shape index (κ3) is 3.40. The Balaban J connectivity index is 1.94. The fraction of sp³-hybridized carbons (Fsp3) is 0.714. The number of nitrogens with one attached hydrogen (secondary N) is 1. The molecule has 2 aliphatic heterocycles. The first-order chi connectivity index (χ1) is 10.0. The van der Waals surface area contributed by atoms with Gasteiger partial charge in [0.05, 0.1) is 0 Å². The molecule has 2 heterocycles. The summed E-state index contributed by atoms with van der Waals surface area (Å²) in [5, 5.41) is 2.19. The van der Waals surface area contributed by atoms with Crippen LogP contribution in [0.25, 0.3) is 0 Å². The monoisotopic (exact) mass is 295 g/mol. The van der Waals surface area contributed by atoms with Gasteiger partial charge in [0.25, 0.3) is 0 Å². The lowest BCUT2D eigenvalue weighted by molar-refractivity contribution is -0.143. The van der Waals surface area contributed by atoms with Crippen molar-refractivity contribution >= 4 is 23.8 Å². The molecule has 0 radical (unpaired) electrons. The maximum Gasteiger partial charge on any atom is 0.330 e. The van der Waals surface area contributed by atoms with Crippen LogP contribution in [0.15, 0.2) is 0 Å². The average Bonchev–Trinajstić information content (AvgIpc) is 2.97. The van der Waals surface area contributed by atoms with Gasteiger partial charge in [0.15, 0.2) is 0 Å². The van der Waals surface area contributed by atoms with Crippen molar-refractivity contribution in [1.82, 2.24) is 15.1 Å². The fourth-order valence-corrected chi connectivity index (χ4v) is 2.75. The zero-order chi connectivity index (χ0) is 15.4. The smallest absolute Gasteiger partial charge is 0.330 e. The number of imide groups is 2. The van der Waals surface area contributed by atoms with Crippen LogP contribution in [0.4, 0.5) is 4.79 Å². The van der Waals surface area contributed by atoms with Crippen molar-refractivity contribution in [2.24, 2.45) is 5.92 Å². The van der Waals surface area contributed by atoms with Gasteiger partial charge >= 0.3 is 6.03 Å². The van der Waals surface area contributed by atoms with E-state index in [4.69, 9.17) is 0 Å². The molecule has 0 aromatic carbocycles.